The average molecular weight is 334 g/mol. The molecule has 8 heteroatoms. The van der Waals surface area contributed by atoms with Crippen LogP contribution >= 0.6 is 24.8 Å². The van der Waals surface area contributed by atoms with E-state index in [0.717, 1.165) is 11.1 Å². The first-order chi connectivity index (χ1) is 9.22. The molecule has 0 bridgehead atoms. The van der Waals surface area contributed by atoms with Crippen molar-refractivity contribution in [1.82, 2.24) is 10.3 Å². The maximum absolute atomic E-state index is 12.0. The van der Waals surface area contributed by atoms with Gasteiger partial charge in [-0.1, -0.05) is 0 Å². The number of aromatic nitrogens is 1. The Kier molecular flexibility index (Phi) is 6.42. The number of nitrogens with zero attached hydrogens (tertiary/aromatic N) is 1. The lowest BCUT2D eigenvalue weighted by molar-refractivity contribution is -0.120. The third-order valence-corrected chi connectivity index (χ3v) is 3.00. The number of benzene rings is 1. The number of aryl methyl sites for hydroxylation is 1. The molecule has 1 unspecified atom stereocenters. The molecular formula is C13H17Cl2N3O3. The van der Waals surface area contributed by atoms with E-state index >= 15 is 0 Å². The lowest BCUT2D eigenvalue weighted by atomic mass is 10.2. The molecule has 3 rings (SSSR count). The number of rotatable bonds is 2. The highest BCUT2D eigenvalue weighted by molar-refractivity contribution is 5.96. The van der Waals surface area contributed by atoms with Gasteiger partial charge in [0.05, 0.1) is 13.2 Å². The molecule has 0 radical (unpaired) electrons. The predicted octanol–water partition coefficient (Wildman–Crippen LogP) is 1.91. The van der Waals surface area contributed by atoms with Gasteiger partial charge < -0.3 is 19.8 Å². The number of morpholine rings is 1. The molecule has 1 aromatic heterocycles. The van der Waals surface area contributed by atoms with Gasteiger partial charge in [0, 0.05) is 19.2 Å². The zero-order valence-corrected chi connectivity index (χ0v) is 13.1. The number of halogens is 2. The van der Waals surface area contributed by atoms with Crippen molar-refractivity contribution in [3.8, 4) is 0 Å². The van der Waals surface area contributed by atoms with Gasteiger partial charge in [-0.25, -0.2) is 4.98 Å². The second kappa shape index (κ2) is 7.61. The molecule has 116 valence electrons. The number of hydrogen-bond donors (Lipinski definition) is 2. The smallest absolute Gasteiger partial charge is 0.243 e. The van der Waals surface area contributed by atoms with E-state index in [-0.39, 0.29) is 36.8 Å². The van der Waals surface area contributed by atoms with Crippen LogP contribution in [-0.2, 0) is 9.53 Å². The molecule has 1 aromatic carbocycles. The maximum Gasteiger partial charge on any atom is 0.243 e. The van der Waals surface area contributed by atoms with Gasteiger partial charge in [0.15, 0.2) is 11.5 Å². The fraction of sp³-hybridized carbons (Fsp3) is 0.385. The van der Waals surface area contributed by atoms with E-state index in [1.807, 2.05) is 0 Å². The molecule has 0 aliphatic carbocycles. The summed E-state index contributed by atoms with van der Waals surface area (Å²) < 4.78 is 10.7. The van der Waals surface area contributed by atoms with Crippen LogP contribution in [0.1, 0.15) is 5.89 Å². The number of oxazole rings is 1. The van der Waals surface area contributed by atoms with Crippen molar-refractivity contribution in [1.29, 1.82) is 0 Å². The average Bonchev–Trinajstić information content (AvgIpc) is 2.79. The fourth-order valence-electron chi connectivity index (χ4n) is 2.08. The second-order valence-corrected chi connectivity index (χ2v) is 4.49. The van der Waals surface area contributed by atoms with Crippen LogP contribution in [0.4, 0.5) is 5.69 Å². The van der Waals surface area contributed by atoms with Crippen LogP contribution in [0, 0.1) is 6.92 Å². The molecule has 1 aliphatic rings. The number of carbonyl (C=O) groups excluding carboxylic acids is 1. The highest BCUT2D eigenvalue weighted by Gasteiger charge is 2.21. The molecule has 2 aromatic rings. The number of anilines is 1. The van der Waals surface area contributed by atoms with E-state index in [1.165, 1.54) is 0 Å². The molecule has 2 N–H and O–H groups in total. The van der Waals surface area contributed by atoms with Gasteiger partial charge in [0.25, 0.3) is 0 Å². The van der Waals surface area contributed by atoms with E-state index in [4.69, 9.17) is 9.15 Å². The minimum atomic E-state index is -0.302. The summed E-state index contributed by atoms with van der Waals surface area (Å²) in [5, 5.41) is 5.96. The Balaban J connectivity index is 0.00000110. The van der Waals surface area contributed by atoms with Gasteiger partial charge in [-0.05, 0) is 18.2 Å². The van der Waals surface area contributed by atoms with E-state index in [0.29, 0.717) is 31.3 Å². The Morgan fingerprint density at radius 3 is 2.95 bits per heavy atom. The summed E-state index contributed by atoms with van der Waals surface area (Å²) in [6, 6.07) is 5.10. The molecule has 6 nitrogen and oxygen atoms in total. The quantitative estimate of drug-likeness (QED) is 0.877. The summed E-state index contributed by atoms with van der Waals surface area (Å²) in [5.41, 5.74) is 2.16. The Morgan fingerprint density at radius 2 is 2.24 bits per heavy atom. The normalized spacial score (nSPS) is 17.7. The number of carbonyl (C=O) groups is 1. The van der Waals surface area contributed by atoms with Crippen molar-refractivity contribution in [3.63, 3.8) is 0 Å². The first-order valence-electron chi connectivity index (χ1n) is 6.21. The van der Waals surface area contributed by atoms with Crippen LogP contribution in [0.25, 0.3) is 11.1 Å². The molecular weight excluding hydrogens is 317 g/mol. The summed E-state index contributed by atoms with van der Waals surface area (Å²) >= 11 is 0. The minimum Gasteiger partial charge on any atom is -0.441 e. The van der Waals surface area contributed by atoms with Crippen molar-refractivity contribution in [2.45, 2.75) is 13.0 Å². The van der Waals surface area contributed by atoms with Gasteiger partial charge in [-0.3, -0.25) is 4.79 Å². The number of ether oxygens (including phenoxy) is 1. The third kappa shape index (κ3) is 4.07. The molecule has 0 saturated carbocycles. The summed E-state index contributed by atoms with van der Waals surface area (Å²) in [4.78, 5) is 16.2. The lowest BCUT2D eigenvalue weighted by Gasteiger charge is -2.22. The molecule has 1 amide bonds. The van der Waals surface area contributed by atoms with Crippen molar-refractivity contribution in [3.05, 3.63) is 24.1 Å². The molecule has 1 saturated heterocycles. The first-order valence-corrected chi connectivity index (χ1v) is 6.21. The zero-order chi connectivity index (χ0) is 13.2. The van der Waals surface area contributed by atoms with E-state index < -0.39 is 0 Å². The topological polar surface area (TPSA) is 76.4 Å². The monoisotopic (exact) mass is 333 g/mol. The van der Waals surface area contributed by atoms with Crippen LogP contribution in [0.2, 0.25) is 0 Å². The second-order valence-electron chi connectivity index (χ2n) is 4.49. The Bertz CT molecular complexity index is 612. The maximum atomic E-state index is 12.0. The van der Waals surface area contributed by atoms with Crippen molar-refractivity contribution >= 4 is 47.5 Å². The largest absolute Gasteiger partial charge is 0.441 e. The van der Waals surface area contributed by atoms with Crippen molar-refractivity contribution < 1.29 is 13.9 Å². The molecule has 0 spiro atoms. The summed E-state index contributed by atoms with van der Waals surface area (Å²) in [6.45, 7) is 3.53. The van der Waals surface area contributed by atoms with Crippen molar-refractivity contribution in [2.75, 3.05) is 25.1 Å². The van der Waals surface area contributed by atoms with E-state index in [2.05, 4.69) is 15.6 Å². The molecule has 1 aliphatic heterocycles. The van der Waals surface area contributed by atoms with Crippen LogP contribution in [-0.4, -0.2) is 36.7 Å². The van der Waals surface area contributed by atoms with Crippen LogP contribution in [0.5, 0.6) is 0 Å². The Labute approximate surface area is 134 Å². The van der Waals surface area contributed by atoms with Crippen LogP contribution in [0.3, 0.4) is 0 Å². The van der Waals surface area contributed by atoms with Crippen molar-refractivity contribution in [2.24, 2.45) is 0 Å². The van der Waals surface area contributed by atoms with E-state index in [1.54, 1.807) is 25.1 Å². The summed E-state index contributed by atoms with van der Waals surface area (Å²) in [7, 11) is 0. The summed E-state index contributed by atoms with van der Waals surface area (Å²) in [6.07, 6.45) is 0. The minimum absolute atomic E-state index is 0. The van der Waals surface area contributed by atoms with Gasteiger partial charge >= 0.3 is 0 Å². The highest BCUT2D eigenvalue weighted by Crippen LogP contribution is 2.19. The SMILES string of the molecule is Cc1nc2cc(NC(=O)C3COCCN3)ccc2o1.Cl.Cl. The molecule has 2 heterocycles. The Morgan fingerprint density at radius 1 is 1.43 bits per heavy atom. The fourth-order valence-corrected chi connectivity index (χ4v) is 2.08. The first kappa shape index (κ1) is 17.7. The van der Waals surface area contributed by atoms with Gasteiger partial charge in [-0.15, -0.1) is 24.8 Å². The van der Waals surface area contributed by atoms with E-state index in [9.17, 15) is 4.79 Å². The number of hydrogen-bond acceptors (Lipinski definition) is 5. The molecule has 21 heavy (non-hydrogen) atoms. The highest BCUT2D eigenvalue weighted by atomic mass is 35.5. The number of fused-ring (bicyclic) bond motifs is 1. The molecule has 1 atom stereocenters. The lowest BCUT2D eigenvalue weighted by Crippen LogP contribution is -2.48. The molecule has 1 fully saturated rings. The van der Waals surface area contributed by atoms with Crippen LogP contribution < -0.4 is 10.6 Å². The summed E-state index contributed by atoms with van der Waals surface area (Å²) in [5.74, 6) is 0.514. The number of nitrogens with one attached hydrogen (secondary N) is 2. The predicted molar refractivity (Wildman–Crippen MR) is 84.5 cm³/mol. The van der Waals surface area contributed by atoms with Crippen LogP contribution in [0.15, 0.2) is 22.6 Å². The van der Waals surface area contributed by atoms with Gasteiger partial charge in [0.1, 0.15) is 11.6 Å². The Hall–Kier alpha value is -1.34. The number of amides is 1. The van der Waals surface area contributed by atoms with Gasteiger partial charge in [-0.2, -0.15) is 0 Å². The van der Waals surface area contributed by atoms with Gasteiger partial charge in [0.2, 0.25) is 5.91 Å². The zero-order valence-electron chi connectivity index (χ0n) is 11.4. The third-order valence-electron chi connectivity index (χ3n) is 3.00. The standard InChI is InChI=1S/C13H15N3O3.2ClH/c1-8-15-10-6-9(2-3-12(10)19-8)16-13(17)11-7-18-5-4-14-11;;/h2-3,6,11,14H,4-5,7H2,1H3,(H,16,17);2*1H.